The quantitative estimate of drug-likeness (QED) is 0.199. The number of anilines is 1. The van der Waals surface area contributed by atoms with E-state index in [9.17, 15) is 13.2 Å². The molecule has 1 aliphatic carbocycles. The van der Waals surface area contributed by atoms with Crippen LogP contribution in [0.4, 0.5) is 5.82 Å². The molecule has 2 aromatic rings. The molecule has 0 unspecified atom stereocenters. The number of nitrogens with one attached hydrogen (secondary N) is 1. The molecule has 1 heterocycles. The third kappa shape index (κ3) is 8.72. The molecule has 1 aromatic carbocycles. The highest BCUT2D eigenvalue weighted by atomic mass is 32.2. The molecule has 1 saturated carbocycles. The Kier molecular flexibility index (Phi) is 11.4. The normalized spacial score (nSPS) is 17.8. The smallest absolute Gasteiger partial charge is 0.279 e. The van der Waals surface area contributed by atoms with Gasteiger partial charge in [0.05, 0.1) is 35.8 Å². The van der Waals surface area contributed by atoms with E-state index in [2.05, 4.69) is 20.4 Å². The number of sulfone groups is 1. The summed E-state index contributed by atoms with van der Waals surface area (Å²) in [5.74, 6) is -0.172. The molecule has 2 atom stereocenters. The van der Waals surface area contributed by atoms with Crippen molar-refractivity contribution in [1.82, 2.24) is 9.97 Å². The molecule has 12 nitrogen and oxygen atoms in total. The average molecular weight is 551 g/mol. The molecule has 208 valence electrons. The summed E-state index contributed by atoms with van der Waals surface area (Å²) in [6, 6.07) is 5.94. The fourth-order valence-corrected chi connectivity index (χ4v) is 5.04. The highest BCUT2D eigenvalue weighted by molar-refractivity contribution is 7.91. The van der Waals surface area contributed by atoms with Gasteiger partial charge in [0.2, 0.25) is 5.88 Å². The maximum Gasteiger partial charge on any atom is 0.279 e. The minimum atomic E-state index is -3.49. The summed E-state index contributed by atoms with van der Waals surface area (Å²) in [6.45, 7) is 1.06. The van der Waals surface area contributed by atoms with Crippen molar-refractivity contribution in [2.24, 2.45) is 5.16 Å². The molecule has 1 amide bonds. The Morgan fingerprint density at radius 3 is 2.37 bits per heavy atom. The summed E-state index contributed by atoms with van der Waals surface area (Å²) in [6.07, 6.45) is 5.23. The van der Waals surface area contributed by atoms with Gasteiger partial charge in [-0.05, 0) is 31.4 Å². The van der Waals surface area contributed by atoms with Crippen LogP contribution in [0.25, 0.3) is 0 Å². The topological polar surface area (TPSA) is 148 Å². The van der Waals surface area contributed by atoms with Crippen molar-refractivity contribution in [1.29, 1.82) is 0 Å². The van der Waals surface area contributed by atoms with Crippen molar-refractivity contribution in [2.45, 2.75) is 42.8 Å². The SMILES string of the molecule is COCCCS(=O)(=O)c1ccc(C(=NO[C@@H]2CC[C@@H](OC)C2)C(=O)Nc2cnc(OCCOC)cn2)cc1. The molecule has 1 aromatic heterocycles. The van der Waals surface area contributed by atoms with Gasteiger partial charge in [0, 0.05) is 39.9 Å². The number of nitrogens with zero attached hydrogens (tertiary/aromatic N) is 3. The van der Waals surface area contributed by atoms with Crippen LogP contribution in [0.15, 0.2) is 46.7 Å². The number of oxime groups is 1. The molecular weight excluding hydrogens is 516 g/mol. The molecule has 0 radical (unpaired) electrons. The van der Waals surface area contributed by atoms with Gasteiger partial charge in [0.25, 0.3) is 5.91 Å². The lowest BCUT2D eigenvalue weighted by Crippen LogP contribution is -2.25. The predicted molar refractivity (Wildman–Crippen MR) is 139 cm³/mol. The van der Waals surface area contributed by atoms with Crippen LogP contribution in [0, 0.1) is 0 Å². The highest BCUT2D eigenvalue weighted by Gasteiger charge is 2.27. The summed E-state index contributed by atoms with van der Waals surface area (Å²) in [5.41, 5.74) is 0.350. The van der Waals surface area contributed by atoms with Crippen molar-refractivity contribution in [3.05, 3.63) is 42.2 Å². The summed E-state index contributed by atoms with van der Waals surface area (Å²) < 4.78 is 45.8. The van der Waals surface area contributed by atoms with Gasteiger partial charge in [-0.2, -0.15) is 0 Å². The summed E-state index contributed by atoms with van der Waals surface area (Å²) in [5, 5.41) is 6.81. The molecule has 0 spiro atoms. The lowest BCUT2D eigenvalue weighted by atomic mass is 10.1. The number of hydrogen-bond acceptors (Lipinski definition) is 11. The van der Waals surface area contributed by atoms with E-state index in [1.54, 1.807) is 14.2 Å². The van der Waals surface area contributed by atoms with Crippen molar-refractivity contribution in [2.75, 3.05) is 52.2 Å². The minimum absolute atomic E-state index is 0.0311. The Hall–Kier alpha value is -3.13. The molecular formula is C25H34N4O8S. The van der Waals surface area contributed by atoms with Gasteiger partial charge in [-0.15, -0.1) is 0 Å². The van der Waals surface area contributed by atoms with Gasteiger partial charge >= 0.3 is 0 Å². The first-order valence-electron chi connectivity index (χ1n) is 12.2. The fraction of sp³-hybridized carbons (Fsp3) is 0.520. The first-order chi connectivity index (χ1) is 18.4. The summed E-state index contributed by atoms with van der Waals surface area (Å²) in [7, 11) is 1.24. The molecule has 1 fully saturated rings. The van der Waals surface area contributed by atoms with E-state index in [1.807, 2.05) is 0 Å². The van der Waals surface area contributed by atoms with Gasteiger partial charge in [0.1, 0.15) is 12.7 Å². The summed E-state index contributed by atoms with van der Waals surface area (Å²) >= 11 is 0. The predicted octanol–water partition coefficient (Wildman–Crippen LogP) is 2.24. The van der Waals surface area contributed by atoms with Crippen LogP contribution in [0.5, 0.6) is 5.88 Å². The number of hydrogen-bond donors (Lipinski definition) is 1. The van der Waals surface area contributed by atoms with Crippen molar-refractivity contribution < 1.29 is 37.0 Å². The second-order valence-corrected chi connectivity index (χ2v) is 10.7. The first-order valence-corrected chi connectivity index (χ1v) is 13.9. The van der Waals surface area contributed by atoms with Gasteiger partial charge < -0.3 is 29.1 Å². The van der Waals surface area contributed by atoms with Crippen LogP contribution < -0.4 is 10.1 Å². The molecule has 3 rings (SSSR count). The molecule has 0 saturated heterocycles. The number of amides is 1. The third-order valence-electron chi connectivity index (χ3n) is 5.83. The van der Waals surface area contributed by atoms with Gasteiger partial charge in [-0.3, -0.25) is 4.79 Å². The number of methoxy groups -OCH3 is 3. The summed E-state index contributed by atoms with van der Waals surface area (Å²) in [4.78, 5) is 27.3. The van der Waals surface area contributed by atoms with Crippen LogP contribution in [0.1, 0.15) is 31.2 Å². The average Bonchev–Trinajstić information content (AvgIpc) is 3.38. The van der Waals surface area contributed by atoms with Crippen LogP contribution >= 0.6 is 0 Å². The van der Waals surface area contributed by atoms with E-state index in [1.165, 1.54) is 43.8 Å². The minimum Gasteiger partial charge on any atom is -0.474 e. The van der Waals surface area contributed by atoms with E-state index in [-0.39, 0.29) is 40.3 Å². The molecule has 0 bridgehead atoms. The molecule has 1 N–H and O–H groups in total. The molecule has 38 heavy (non-hydrogen) atoms. The zero-order valence-corrected chi connectivity index (χ0v) is 22.6. The monoisotopic (exact) mass is 550 g/mol. The van der Waals surface area contributed by atoms with Crippen LogP contribution in [0.2, 0.25) is 0 Å². The van der Waals surface area contributed by atoms with Crippen LogP contribution in [0.3, 0.4) is 0 Å². The number of aromatic nitrogens is 2. The van der Waals surface area contributed by atoms with Crippen LogP contribution in [-0.2, 0) is 33.7 Å². The van der Waals surface area contributed by atoms with E-state index in [0.29, 0.717) is 38.2 Å². The van der Waals surface area contributed by atoms with Crippen molar-refractivity contribution in [3.63, 3.8) is 0 Å². The molecule has 1 aliphatic rings. The number of carbonyl (C=O) groups is 1. The number of rotatable bonds is 15. The van der Waals surface area contributed by atoms with E-state index >= 15 is 0 Å². The van der Waals surface area contributed by atoms with Crippen molar-refractivity contribution in [3.8, 4) is 5.88 Å². The maximum absolute atomic E-state index is 13.2. The Balaban J connectivity index is 1.77. The Morgan fingerprint density at radius 1 is 1.00 bits per heavy atom. The van der Waals surface area contributed by atoms with Gasteiger partial charge in [-0.25, -0.2) is 18.4 Å². The van der Waals surface area contributed by atoms with E-state index in [4.69, 9.17) is 23.8 Å². The zero-order valence-electron chi connectivity index (χ0n) is 21.8. The lowest BCUT2D eigenvalue weighted by Gasteiger charge is -2.12. The molecule has 13 heteroatoms. The number of benzene rings is 1. The maximum atomic E-state index is 13.2. The molecule has 0 aliphatic heterocycles. The standard InChI is InChI=1S/C25H34N4O8S/c1-33-11-4-14-38(31,32)21-9-5-18(6-10-21)24(29-37-20-8-7-19(15-20)35-3)25(30)28-22-16-27-23(17-26-22)36-13-12-34-2/h5-6,9-10,16-17,19-20H,4,7-8,11-15H2,1-3H3,(H,26,28,30)/t19-,20-/m1/s1. The Bertz CT molecular complexity index is 1160. The van der Waals surface area contributed by atoms with Crippen molar-refractivity contribution >= 4 is 27.3 Å². The van der Waals surface area contributed by atoms with E-state index < -0.39 is 15.7 Å². The van der Waals surface area contributed by atoms with Crippen LogP contribution in [-0.4, -0.2) is 89.1 Å². The van der Waals surface area contributed by atoms with Gasteiger partial charge in [0.15, 0.2) is 21.4 Å². The highest BCUT2D eigenvalue weighted by Crippen LogP contribution is 2.25. The van der Waals surface area contributed by atoms with E-state index in [0.717, 1.165) is 12.8 Å². The number of ether oxygens (including phenoxy) is 4. The zero-order chi connectivity index (χ0) is 27.4. The second kappa shape index (κ2) is 14.7. The first kappa shape index (κ1) is 29.4. The largest absolute Gasteiger partial charge is 0.474 e. The Morgan fingerprint density at radius 2 is 1.74 bits per heavy atom. The Labute approximate surface area is 222 Å². The van der Waals surface area contributed by atoms with Gasteiger partial charge in [-0.1, -0.05) is 17.3 Å². The number of carbonyl (C=O) groups excluding carboxylic acids is 1. The third-order valence-corrected chi connectivity index (χ3v) is 7.65. The fourth-order valence-electron chi connectivity index (χ4n) is 3.75. The second-order valence-electron chi connectivity index (χ2n) is 8.56. The lowest BCUT2D eigenvalue weighted by molar-refractivity contribution is -0.110.